The van der Waals surface area contributed by atoms with Crippen LogP contribution in [-0.2, 0) is 16.0 Å². The molecule has 1 N–H and O–H groups in total. The van der Waals surface area contributed by atoms with Crippen molar-refractivity contribution < 1.29 is 14.0 Å². The van der Waals surface area contributed by atoms with E-state index in [9.17, 15) is 14.0 Å². The number of thiazole rings is 1. The van der Waals surface area contributed by atoms with E-state index < -0.39 is 0 Å². The largest absolute Gasteiger partial charge is 0.352 e. The lowest BCUT2D eigenvalue weighted by atomic mass is 10.1. The van der Waals surface area contributed by atoms with Crippen LogP contribution in [0.25, 0.3) is 6.08 Å². The van der Waals surface area contributed by atoms with Gasteiger partial charge in [0.15, 0.2) is 5.13 Å². The molecule has 2 aromatic carbocycles. The standard InChI is InChI=1S/C22H20FN3O2S/c1-16(27)26(19-8-3-2-4-9-19)22-25-18(15-29-22)11-12-21(28)24-14-13-17-7-5-6-10-20(17)23/h2-12,15H,13-14H2,1H3,(H,24,28)/b12-11+. The lowest BCUT2D eigenvalue weighted by molar-refractivity contribution is -0.117. The number of carbonyl (C=O) groups excluding carboxylic acids is 2. The van der Waals surface area contributed by atoms with Crippen LogP contribution < -0.4 is 10.2 Å². The summed E-state index contributed by atoms with van der Waals surface area (Å²) in [5, 5.41) is 5.03. The van der Waals surface area contributed by atoms with Crippen LogP contribution in [0.1, 0.15) is 18.2 Å². The molecule has 0 saturated heterocycles. The molecule has 0 radical (unpaired) electrons. The fourth-order valence-electron chi connectivity index (χ4n) is 2.70. The van der Waals surface area contributed by atoms with E-state index in [0.717, 1.165) is 5.69 Å². The number of carbonyl (C=O) groups is 2. The van der Waals surface area contributed by atoms with Crippen LogP contribution in [-0.4, -0.2) is 23.3 Å². The number of nitrogens with one attached hydrogen (secondary N) is 1. The zero-order valence-electron chi connectivity index (χ0n) is 15.8. The van der Waals surface area contributed by atoms with Crippen LogP contribution in [0.4, 0.5) is 15.2 Å². The van der Waals surface area contributed by atoms with Crippen molar-refractivity contribution in [3.8, 4) is 0 Å². The summed E-state index contributed by atoms with van der Waals surface area (Å²) in [5.74, 6) is -0.713. The van der Waals surface area contributed by atoms with Gasteiger partial charge in [-0.15, -0.1) is 11.3 Å². The first-order valence-electron chi connectivity index (χ1n) is 9.05. The summed E-state index contributed by atoms with van der Waals surface area (Å²) in [7, 11) is 0. The Morgan fingerprint density at radius 1 is 1.14 bits per heavy atom. The number of rotatable bonds is 7. The maximum absolute atomic E-state index is 13.6. The van der Waals surface area contributed by atoms with Crippen molar-refractivity contribution in [1.82, 2.24) is 10.3 Å². The molecule has 2 amide bonds. The summed E-state index contributed by atoms with van der Waals surface area (Å²) in [6.07, 6.45) is 3.38. The Hall–Kier alpha value is -3.32. The summed E-state index contributed by atoms with van der Waals surface area (Å²) in [4.78, 5) is 30.0. The highest BCUT2D eigenvalue weighted by Crippen LogP contribution is 2.28. The number of aromatic nitrogens is 1. The minimum atomic E-state index is -0.289. The van der Waals surface area contributed by atoms with Crippen LogP contribution in [0, 0.1) is 5.82 Å². The Balaban J connectivity index is 1.58. The Bertz CT molecular complexity index is 1020. The molecule has 0 aliphatic heterocycles. The topological polar surface area (TPSA) is 62.3 Å². The second kappa shape index (κ2) is 9.75. The number of hydrogen-bond acceptors (Lipinski definition) is 4. The first-order valence-corrected chi connectivity index (χ1v) is 9.93. The van der Waals surface area contributed by atoms with Crippen molar-refractivity contribution in [3.05, 3.63) is 83.1 Å². The zero-order valence-corrected chi connectivity index (χ0v) is 16.7. The second-order valence-corrected chi connectivity index (χ2v) is 7.05. The maximum Gasteiger partial charge on any atom is 0.244 e. The van der Waals surface area contributed by atoms with Crippen molar-refractivity contribution in [2.45, 2.75) is 13.3 Å². The van der Waals surface area contributed by atoms with Gasteiger partial charge in [0, 0.05) is 24.9 Å². The third-order valence-corrected chi connectivity index (χ3v) is 4.93. The van der Waals surface area contributed by atoms with Crippen LogP contribution in [0.2, 0.25) is 0 Å². The average Bonchev–Trinajstić information content (AvgIpc) is 3.17. The molecule has 3 aromatic rings. The van der Waals surface area contributed by atoms with Crippen molar-refractivity contribution in [2.24, 2.45) is 0 Å². The first kappa shape index (κ1) is 20.4. The van der Waals surface area contributed by atoms with Gasteiger partial charge in [0.1, 0.15) is 5.82 Å². The van der Waals surface area contributed by atoms with Crippen molar-refractivity contribution in [1.29, 1.82) is 0 Å². The fourth-order valence-corrected chi connectivity index (χ4v) is 3.56. The van der Waals surface area contributed by atoms with E-state index in [0.29, 0.717) is 29.4 Å². The number of halogens is 1. The highest BCUT2D eigenvalue weighted by Gasteiger charge is 2.17. The SMILES string of the molecule is CC(=O)N(c1ccccc1)c1nc(/C=C/C(=O)NCCc2ccccc2F)cs1. The number of anilines is 2. The normalized spacial score (nSPS) is 10.8. The second-order valence-electron chi connectivity index (χ2n) is 6.21. The lowest BCUT2D eigenvalue weighted by Gasteiger charge is -2.17. The Morgan fingerprint density at radius 2 is 1.86 bits per heavy atom. The zero-order chi connectivity index (χ0) is 20.6. The predicted octanol–water partition coefficient (Wildman–Crippen LogP) is 4.34. The lowest BCUT2D eigenvalue weighted by Crippen LogP contribution is -2.23. The van der Waals surface area contributed by atoms with Gasteiger partial charge in [-0.25, -0.2) is 9.37 Å². The Kier molecular flexibility index (Phi) is 6.86. The van der Waals surface area contributed by atoms with E-state index in [2.05, 4.69) is 10.3 Å². The van der Waals surface area contributed by atoms with E-state index in [1.165, 1.54) is 35.3 Å². The van der Waals surface area contributed by atoms with Gasteiger partial charge in [0.2, 0.25) is 11.8 Å². The molecule has 29 heavy (non-hydrogen) atoms. The van der Waals surface area contributed by atoms with E-state index in [1.807, 2.05) is 30.3 Å². The Morgan fingerprint density at radius 3 is 2.59 bits per heavy atom. The third kappa shape index (κ3) is 5.58. The van der Waals surface area contributed by atoms with Crippen LogP contribution in [0.5, 0.6) is 0 Å². The molecule has 0 bridgehead atoms. The molecule has 0 unspecified atom stereocenters. The van der Waals surface area contributed by atoms with Gasteiger partial charge in [-0.3, -0.25) is 14.5 Å². The molecule has 148 valence electrons. The molecule has 0 aliphatic carbocycles. The van der Waals surface area contributed by atoms with Crippen LogP contribution >= 0.6 is 11.3 Å². The van der Waals surface area contributed by atoms with Crippen LogP contribution in [0.15, 0.2) is 66.1 Å². The number of para-hydroxylation sites is 1. The van der Waals surface area contributed by atoms with Gasteiger partial charge >= 0.3 is 0 Å². The number of amides is 2. The monoisotopic (exact) mass is 409 g/mol. The summed E-state index contributed by atoms with van der Waals surface area (Å²) in [6.45, 7) is 1.81. The molecule has 0 aliphatic rings. The van der Waals surface area contributed by atoms with Gasteiger partial charge in [0.05, 0.1) is 11.4 Å². The van der Waals surface area contributed by atoms with Crippen molar-refractivity contribution >= 4 is 40.0 Å². The number of hydrogen-bond donors (Lipinski definition) is 1. The molecular formula is C22H20FN3O2S. The number of nitrogens with zero attached hydrogens (tertiary/aromatic N) is 2. The molecule has 1 aromatic heterocycles. The molecule has 0 spiro atoms. The molecule has 7 heteroatoms. The first-order chi connectivity index (χ1) is 14.0. The van der Waals surface area contributed by atoms with E-state index in [1.54, 1.807) is 29.7 Å². The van der Waals surface area contributed by atoms with E-state index in [-0.39, 0.29) is 17.6 Å². The summed E-state index contributed by atoms with van der Waals surface area (Å²) >= 11 is 1.32. The molecular weight excluding hydrogens is 389 g/mol. The van der Waals surface area contributed by atoms with E-state index in [4.69, 9.17) is 0 Å². The molecule has 5 nitrogen and oxygen atoms in total. The molecule has 1 heterocycles. The van der Waals surface area contributed by atoms with Gasteiger partial charge in [0.25, 0.3) is 0 Å². The van der Waals surface area contributed by atoms with Gasteiger partial charge in [-0.1, -0.05) is 36.4 Å². The summed E-state index contributed by atoms with van der Waals surface area (Å²) < 4.78 is 13.6. The molecule has 0 atom stereocenters. The predicted molar refractivity (Wildman–Crippen MR) is 114 cm³/mol. The van der Waals surface area contributed by atoms with Gasteiger partial charge in [-0.05, 0) is 36.3 Å². The minimum absolute atomic E-state index is 0.146. The quantitative estimate of drug-likeness (QED) is 0.591. The molecule has 3 rings (SSSR count). The van der Waals surface area contributed by atoms with Crippen molar-refractivity contribution in [3.63, 3.8) is 0 Å². The van der Waals surface area contributed by atoms with Gasteiger partial charge in [-0.2, -0.15) is 0 Å². The third-order valence-electron chi connectivity index (χ3n) is 4.09. The summed E-state index contributed by atoms with van der Waals surface area (Å²) in [5.41, 5.74) is 1.87. The maximum atomic E-state index is 13.6. The van der Waals surface area contributed by atoms with E-state index >= 15 is 0 Å². The summed E-state index contributed by atoms with van der Waals surface area (Å²) in [6, 6.07) is 15.7. The highest BCUT2D eigenvalue weighted by molar-refractivity contribution is 7.14. The Labute approximate surface area is 172 Å². The highest BCUT2D eigenvalue weighted by atomic mass is 32.1. The average molecular weight is 409 g/mol. The number of benzene rings is 2. The smallest absolute Gasteiger partial charge is 0.244 e. The fraction of sp³-hybridized carbons (Fsp3) is 0.136. The molecule has 0 fully saturated rings. The van der Waals surface area contributed by atoms with Crippen molar-refractivity contribution in [2.75, 3.05) is 11.4 Å². The van der Waals surface area contributed by atoms with Crippen LogP contribution in [0.3, 0.4) is 0 Å². The van der Waals surface area contributed by atoms with Gasteiger partial charge < -0.3 is 5.32 Å². The minimum Gasteiger partial charge on any atom is -0.352 e. The molecule has 0 saturated carbocycles.